The van der Waals surface area contributed by atoms with Crippen molar-refractivity contribution in [3.8, 4) is 0 Å². The molecule has 1 saturated heterocycles. The van der Waals surface area contributed by atoms with Gasteiger partial charge < -0.3 is 20.4 Å². The predicted octanol–water partition coefficient (Wildman–Crippen LogP) is 0.866. The maximum Gasteiger partial charge on any atom is 0.191 e. The summed E-state index contributed by atoms with van der Waals surface area (Å²) in [5.41, 5.74) is 0. The van der Waals surface area contributed by atoms with Gasteiger partial charge in [0, 0.05) is 58.6 Å². The van der Waals surface area contributed by atoms with Gasteiger partial charge in [0.05, 0.1) is 5.75 Å². The Morgan fingerprint density at radius 3 is 2.23 bits per heavy atom. The number of hydrogen-bond donors (Lipinski definition) is 2. The first-order chi connectivity index (χ1) is 11.7. The van der Waals surface area contributed by atoms with Gasteiger partial charge in [0.1, 0.15) is 9.84 Å². The van der Waals surface area contributed by atoms with Crippen LogP contribution in [0.5, 0.6) is 0 Å². The fraction of sp³-hybridized carbons (Fsp3) is 0.941. The number of aliphatic imine (C=N–C) groups is 1. The Bertz CT molecular complexity index is 507. The Morgan fingerprint density at radius 1 is 1.15 bits per heavy atom. The molecule has 0 aromatic heterocycles. The summed E-state index contributed by atoms with van der Waals surface area (Å²) in [5.74, 6) is 1.46. The van der Waals surface area contributed by atoms with Gasteiger partial charge in [-0.2, -0.15) is 0 Å². The Morgan fingerprint density at radius 2 is 1.73 bits per heavy atom. The molecule has 0 radical (unpaired) electrons. The fourth-order valence-electron chi connectivity index (χ4n) is 2.96. The molecule has 1 fully saturated rings. The van der Waals surface area contributed by atoms with E-state index >= 15 is 0 Å². The molecule has 1 aliphatic rings. The number of nitrogens with one attached hydrogen (secondary N) is 2. The molecule has 0 aliphatic carbocycles. The predicted molar refractivity (Wildman–Crippen MR) is 121 cm³/mol. The maximum absolute atomic E-state index is 11.3. The summed E-state index contributed by atoms with van der Waals surface area (Å²) in [7, 11) is -1.18. The molecule has 9 heteroatoms. The lowest BCUT2D eigenvalue weighted by Gasteiger charge is -2.35. The van der Waals surface area contributed by atoms with E-state index in [9.17, 15) is 8.42 Å². The van der Waals surface area contributed by atoms with Crippen LogP contribution in [0.25, 0.3) is 0 Å². The van der Waals surface area contributed by atoms with E-state index in [-0.39, 0.29) is 35.8 Å². The number of hydrogen-bond acceptors (Lipinski definition) is 5. The van der Waals surface area contributed by atoms with Crippen LogP contribution in [0.1, 0.15) is 27.2 Å². The van der Waals surface area contributed by atoms with Gasteiger partial charge in [0.2, 0.25) is 0 Å². The van der Waals surface area contributed by atoms with Crippen molar-refractivity contribution in [3.05, 3.63) is 0 Å². The summed E-state index contributed by atoms with van der Waals surface area (Å²) in [6.45, 7) is 14.2. The Balaban J connectivity index is 0.00000625. The summed E-state index contributed by atoms with van der Waals surface area (Å²) in [6, 6.07) is 0.0679. The average Bonchev–Trinajstić information content (AvgIpc) is 2.56. The zero-order chi connectivity index (χ0) is 18.9. The highest BCUT2D eigenvalue weighted by atomic mass is 127. The smallest absolute Gasteiger partial charge is 0.191 e. The topological polar surface area (TPSA) is 77.0 Å². The monoisotopic (exact) mass is 503 g/mol. The van der Waals surface area contributed by atoms with Gasteiger partial charge in [-0.25, -0.2) is 8.42 Å². The summed E-state index contributed by atoms with van der Waals surface area (Å²) in [4.78, 5) is 9.26. The normalized spacial score (nSPS) is 19.5. The first-order valence-electron chi connectivity index (χ1n) is 9.33. The van der Waals surface area contributed by atoms with E-state index in [1.165, 1.54) is 6.26 Å². The van der Waals surface area contributed by atoms with E-state index in [4.69, 9.17) is 0 Å². The van der Waals surface area contributed by atoms with Gasteiger partial charge in [-0.15, -0.1) is 24.0 Å². The molecule has 0 aromatic carbocycles. The number of piperazine rings is 1. The lowest BCUT2D eigenvalue weighted by Crippen LogP contribution is -2.49. The van der Waals surface area contributed by atoms with Gasteiger partial charge in [0.25, 0.3) is 0 Å². The molecule has 0 spiro atoms. The van der Waals surface area contributed by atoms with Crippen molar-refractivity contribution in [3.63, 3.8) is 0 Å². The summed E-state index contributed by atoms with van der Waals surface area (Å²) in [5, 5.41) is 6.62. The Hall–Kier alpha value is -0.130. The van der Waals surface area contributed by atoms with Crippen molar-refractivity contribution in [2.75, 3.05) is 64.9 Å². The quantitative estimate of drug-likeness (QED) is 0.276. The summed E-state index contributed by atoms with van der Waals surface area (Å²) >= 11 is 0. The molecule has 1 rings (SSSR count). The van der Waals surface area contributed by atoms with Gasteiger partial charge in [-0.05, 0) is 25.8 Å². The number of guanidine groups is 1. The minimum atomic E-state index is -2.92. The van der Waals surface area contributed by atoms with E-state index < -0.39 is 9.84 Å². The van der Waals surface area contributed by atoms with E-state index in [0.29, 0.717) is 12.3 Å². The molecule has 0 saturated carbocycles. The third-order valence-corrected chi connectivity index (χ3v) is 5.61. The number of halogens is 1. The average molecular weight is 503 g/mol. The molecule has 0 amide bonds. The van der Waals surface area contributed by atoms with Crippen LogP contribution in [-0.2, 0) is 9.84 Å². The van der Waals surface area contributed by atoms with Crippen LogP contribution >= 0.6 is 24.0 Å². The SMILES string of the molecule is CCN1CCN(CC(C)CNC(=NC)NC(C)CCS(C)(=O)=O)CC1.I. The molecule has 0 aromatic rings. The van der Waals surface area contributed by atoms with E-state index in [1.807, 2.05) is 6.92 Å². The van der Waals surface area contributed by atoms with Gasteiger partial charge in [-0.3, -0.25) is 4.99 Å². The van der Waals surface area contributed by atoms with Gasteiger partial charge >= 0.3 is 0 Å². The highest BCUT2D eigenvalue weighted by Crippen LogP contribution is 2.05. The molecule has 26 heavy (non-hydrogen) atoms. The van der Waals surface area contributed by atoms with Crippen LogP contribution in [0.15, 0.2) is 4.99 Å². The third kappa shape index (κ3) is 11.6. The van der Waals surface area contributed by atoms with Crippen molar-refractivity contribution in [1.29, 1.82) is 0 Å². The maximum atomic E-state index is 11.3. The second-order valence-corrected chi connectivity index (χ2v) is 9.52. The lowest BCUT2D eigenvalue weighted by atomic mass is 10.1. The molecule has 2 unspecified atom stereocenters. The van der Waals surface area contributed by atoms with Crippen LogP contribution in [0, 0.1) is 5.92 Å². The van der Waals surface area contributed by atoms with Crippen molar-refractivity contribution in [2.24, 2.45) is 10.9 Å². The van der Waals surface area contributed by atoms with Crippen molar-refractivity contribution >= 4 is 39.8 Å². The van der Waals surface area contributed by atoms with Crippen LogP contribution in [0.2, 0.25) is 0 Å². The molecule has 156 valence electrons. The first-order valence-corrected chi connectivity index (χ1v) is 11.4. The van der Waals surface area contributed by atoms with Gasteiger partial charge in [0.15, 0.2) is 5.96 Å². The van der Waals surface area contributed by atoms with Gasteiger partial charge in [-0.1, -0.05) is 13.8 Å². The number of nitrogens with zero attached hydrogens (tertiary/aromatic N) is 3. The molecular formula is C17H38IN5O2S. The highest BCUT2D eigenvalue weighted by Gasteiger charge is 2.17. The largest absolute Gasteiger partial charge is 0.356 e. The number of likely N-dealkylation sites (N-methyl/N-ethyl adjacent to an activating group) is 1. The van der Waals surface area contributed by atoms with Crippen LogP contribution in [0.4, 0.5) is 0 Å². The van der Waals surface area contributed by atoms with Crippen molar-refractivity contribution in [2.45, 2.75) is 33.2 Å². The second kappa shape index (κ2) is 13.1. The van der Waals surface area contributed by atoms with Crippen LogP contribution < -0.4 is 10.6 Å². The molecule has 0 bridgehead atoms. The molecule has 2 atom stereocenters. The first kappa shape index (κ1) is 25.9. The number of rotatable bonds is 9. The number of sulfone groups is 1. The minimum Gasteiger partial charge on any atom is -0.356 e. The fourth-order valence-corrected chi connectivity index (χ4v) is 3.74. The van der Waals surface area contributed by atoms with E-state index in [0.717, 1.165) is 51.8 Å². The third-order valence-electron chi connectivity index (χ3n) is 4.63. The Labute approximate surface area is 177 Å². The standard InChI is InChI=1S/C17H37N5O2S.HI/c1-6-21-8-10-22(11-9-21)14-15(2)13-19-17(18-4)20-16(3)7-12-25(5,23)24;/h15-16H,6-14H2,1-5H3,(H2,18,19,20);1H. The van der Waals surface area contributed by atoms with Crippen molar-refractivity contribution < 1.29 is 8.42 Å². The highest BCUT2D eigenvalue weighted by molar-refractivity contribution is 14.0. The molecule has 1 heterocycles. The van der Waals surface area contributed by atoms with Crippen LogP contribution in [-0.4, -0.2) is 95.1 Å². The molecule has 7 nitrogen and oxygen atoms in total. The van der Waals surface area contributed by atoms with Crippen LogP contribution in [0.3, 0.4) is 0 Å². The zero-order valence-electron chi connectivity index (χ0n) is 17.0. The van der Waals surface area contributed by atoms with E-state index in [2.05, 4.69) is 39.3 Å². The summed E-state index contributed by atoms with van der Waals surface area (Å²) < 4.78 is 22.5. The second-order valence-electron chi connectivity index (χ2n) is 7.26. The summed E-state index contributed by atoms with van der Waals surface area (Å²) in [6.07, 6.45) is 1.85. The molecule has 1 aliphatic heterocycles. The van der Waals surface area contributed by atoms with Crippen molar-refractivity contribution in [1.82, 2.24) is 20.4 Å². The molecule has 2 N–H and O–H groups in total. The minimum absolute atomic E-state index is 0. The molecular weight excluding hydrogens is 465 g/mol. The van der Waals surface area contributed by atoms with E-state index in [1.54, 1.807) is 7.05 Å². The zero-order valence-corrected chi connectivity index (χ0v) is 20.1. The Kier molecular flexibility index (Phi) is 13.0. The lowest BCUT2D eigenvalue weighted by molar-refractivity contribution is 0.124.